The smallest absolute Gasteiger partial charge is 0.251 e. The van der Waals surface area contributed by atoms with Crippen LogP contribution in [0.1, 0.15) is 48.7 Å². The number of benzene rings is 2. The second kappa shape index (κ2) is 10.4. The molecule has 0 spiro atoms. The Kier molecular flexibility index (Phi) is 7.67. The lowest BCUT2D eigenvalue weighted by molar-refractivity contribution is -0.0704. The molecule has 0 saturated carbocycles. The van der Waals surface area contributed by atoms with Crippen LogP contribution in [0, 0.1) is 0 Å². The maximum absolute atomic E-state index is 12.4. The van der Waals surface area contributed by atoms with E-state index in [-0.39, 0.29) is 18.1 Å². The first-order valence-corrected chi connectivity index (χ1v) is 10.5. The van der Waals surface area contributed by atoms with Crippen LogP contribution in [0.5, 0.6) is 5.75 Å². The number of carbonyl (C=O) groups excluding carboxylic acids is 1. The molecule has 1 aliphatic heterocycles. The van der Waals surface area contributed by atoms with Crippen LogP contribution in [0.3, 0.4) is 0 Å². The molecule has 0 radical (unpaired) electrons. The predicted molar refractivity (Wildman–Crippen MR) is 115 cm³/mol. The van der Waals surface area contributed by atoms with Gasteiger partial charge < -0.3 is 14.8 Å². The summed E-state index contributed by atoms with van der Waals surface area (Å²) in [5, 5.41) is 2.99. The Hall–Kier alpha value is -2.37. The molecule has 3 rings (SSSR count). The van der Waals surface area contributed by atoms with Crippen molar-refractivity contribution in [2.45, 2.75) is 52.5 Å². The van der Waals surface area contributed by atoms with Gasteiger partial charge >= 0.3 is 0 Å². The summed E-state index contributed by atoms with van der Waals surface area (Å²) in [6, 6.07) is 15.8. The Morgan fingerprint density at radius 3 is 2.48 bits per heavy atom. The van der Waals surface area contributed by atoms with Gasteiger partial charge in [0.05, 0.1) is 18.8 Å². The molecule has 1 amide bonds. The number of hydrogen-bond acceptors (Lipinski definition) is 4. The van der Waals surface area contributed by atoms with Gasteiger partial charge in [0, 0.05) is 31.7 Å². The van der Waals surface area contributed by atoms with Crippen molar-refractivity contribution in [1.82, 2.24) is 10.2 Å². The molecule has 1 N–H and O–H groups in total. The first-order valence-electron chi connectivity index (χ1n) is 10.5. The molecule has 1 heterocycles. The Balaban J connectivity index is 1.50. The van der Waals surface area contributed by atoms with Gasteiger partial charge in [0.2, 0.25) is 0 Å². The Morgan fingerprint density at radius 2 is 1.79 bits per heavy atom. The first-order chi connectivity index (χ1) is 14.0. The zero-order valence-corrected chi connectivity index (χ0v) is 17.7. The topological polar surface area (TPSA) is 50.8 Å². The van der Waals surface area contributed by atoms with Crippen LogP contribution in [0.2, 0.25) is 0 Å². The Morgan fingerprint density at radius 1 is 1.10 bits per heavy atom. The van der Waals surface area contributed by atoms with Gasteiger partial charge in [-0.1, -0.05) is 37.3 Å². The van der Waals surface area contributed by atoms with Gasteiger partial charge in [-0.05, 0) is 49.6 Å². The number of ether oxygens (including phenoxy) is 2. The van der Waals surface area contributed by atoms with Crippen LogP contribution in [-0.4, -0.2) is 42.7 Å². The molecule has 2 atom stereocenters. The van der Waals surface area contributed by atoms with E-state index in [1.165, 1.54) is 5.56 Å². The molecule has 156 valence electrons. The molecule has 2 aromatic carbocycles. The minimum Gasteiger partial charge on any atom is -0.494 e. The van der Waals surface area contributed by atoms with Crippen LogP contribution in [0.15, 0.2) is 48.5 Å². The van der Waals surface area contributed by atoms with Gasteiger partial charge in [0.1, 0.15) is 5.75 Å². The largest absolute Gasteiger partial charge is 0.494 e. The maximum Gasteiger partial charge on any atom is 0.251 e. The van der Waals surface area contributed by atoms with Crippen LogP contribution < -0.4 is 10.1 Å². The van der Waals surface area contributed by atoms with Gasteiger partial charge in [0.25, 0.3) is 5.91 Å². The molecule has 29 heavy (non-hydrogen) atoms. The molecular formula is C24H32N2O3. The summed E-state index contributed by atoms with van der Waals surface area (Å²) in [6.45, 7) is 10.3. The number of amides is 1. The Labute approximate surface area is 174 Å². The van der Waals surface area contributed by atoms with E-state index in [1.807, 2.05) is 18.2 Å². The summed E-state index contributed by atoms with van der Waals surface area (Å²) in [7, 11) is 0. The van der Waals surface area contributed by atoms with Gasteiger partial charge in [0.15, 0.2) is 0 Å². The lowest BCUT2D eigenvalue weighted by Gasteiger charge is -2.35. The Bertz CT molecular complexity index is 781. The number of hydrogen-bond donors (Lipinski definition) is 1. The minimum absolute atomic E-state index is 0.0904. The molecule has 0 aromatic heterocycles. The third kappa shape index (κ3) is 6.58. The summed E-state index contributed by atoms with van der Waals surface area (Å²) in [4.78, 5) is 14.9. The quantitative estimate of drug-likeness (QED) is 0.732. The standard InChI is InChI=1S/C24H32N2O3/c1-4-12-28-23-7-5-6-22(13-23)24(27)25-14-20-8-10-21(11-9-20)17-26-15-18(2)29-19(3)16-26/h5-11,13,18-19H,4,12,14-17H2,1-3H3,(H,25,27). The normalized spacial score (nSPS) is 19.7. The molecule has 0 aliphatic carbocycles. The number of morpholine rings is 1. The summed E-state index contributed by atoms with van der Waals surface area (Å²) in [5.41, 5.74) is 2.98. The molecule has 1 saturated heterocycles. The maximum atomic E-state index is 12.4. The van der Waals surface area contributed by atoms with Crippen LogP contribution in [0.25, 0.3) is 0 Å². The van der Waals surface area contributed by atoms with Crippen molar-refractivity contribution in [3.63, 3.8) is 0 Å². The lowest BCUT2D eigenvalue weighted by Crippen LogP contribution is -2.44. The fourth-order valence-corrected chi connectivity index (χ4v) is 3.67. The van der Waals surface area contributed by atoms with E-state index in [9.17, 15) is 4.79 Å². The van der Waals surface area contributed by atoms with Crippen molar-refractivity contribution in [2.75, 3.05) is 19.7 Å². The summed E-state index contributed by atoms with van der Waals surface area (Å²) < 4.78 is 11.4. The molecule has 0 bridgehead atoms. The summed E-state index contributed by atoms with van der Waals surface area (Å²) >= 11 is 0. The van der Waals surface area contributed by atoms with E-state index in [0.29, 0.717) is 18.7 Å². The third-order valence-electron chi connectivity index (χ3n) is 4.95. The number of carbonyl (C=O) groups is 1. The van der Waals surface area contributed by atoms with Crippen molar-refractivity contribution in [3.05, 3.63) is 65.2 Å². The third-order valence-corrected chi connectivity index (χ3v) is 4.95. The number of nitrogens with one attached hydrogen (secondary N) is 1. The van der Waals surface area contributed by atoms with Crippen LogP contribution >= 0.6 is 0 Å². The highest BCUT2D eigenvalue weighted by atomic mass is 16.5. The molecule has 2 unspecified atom stereocenters. The highest BCUT2D eigenvalue weighted by Crippen LogP contribution is 2.16. The van der Waals surface area contributed by atoms with Crippen molar-refractivity contribution in [2.24, 2.45) is 0 Å². The van der Waals surface area contributed by atoms with E-state index in [0.717, 1.165) is 37.4 Å². The molecular weight excluding hydrogens is 364 g/mol. The summed E-state index contributed by atoms with van der Waals surface area (Å²) in [6.07, 6.45) is 1.49. The molecule has 1 aliphatic rings. The molecule has 5 nitrogen and oxygen atoms in total. The summed E-state index contributed by atoms with van der Waals surface area (Å²) in [5.74, 6) is 0.642. The predicted octanol–water partition coefficient (Wildman–Crippen LogP) is 4.01. The van der Waals surface area contributed by atoms with E-state index in [4.69, 9.17) is 9.47 Å². The van der Waals surface area contributed by atoms with Gasteiger partial charge in [-0.3, -0.25) is 9.69 Å². The van der Waals surface area contributed by atoms with E-state index in [2.05, 4.69) is 55.3 Å². The molecule has 5 heteroatoms. The van der Waals surface area contributed by atoms with E-state index < -0.39 is 0 Å². The monoisotopic (exact) mass is 396 g/mol. The zero-order valence-electron chi connectivity index (χ0n) is 17.7. The second-order valence-electron chi connectivity index (χ2n) is 7.83. The lowest BCUT2D eigenvalue weighted by atomic mass is 10.1. The van der Waals surface area contributed by atoms with Crippen LogP contribution in [-0.2, 0) is 17.8 Å². The van der Waals surface area contributed by atoms with Gasteiger partial charge in [-0.25, -0.2) is 0 Å². The van der Waals surface area contributed by atoms with Crippen molar-refractivity contribution < 1.29 is 14.3 Å². The van der Waals surface area contributed by atoms with Gasteiger partial charge in [-0.2, -0.15) is 0 Å². The molecule has 1 fully saturated rings. The fourth-order valence-electron chi connectivity index (χ4n) is 3.67. The highest BCUT2D eigenvalue weighted by molar-refractivity contribution is 5.94. The van der Waals surface area contributed by atoms with Crippen LogP contribution in [0.4, 0.5) is 0 Å². The van der Waals surface area contributed by atoms with E-state index in [1.54, 1.807) is 6.07 Å². The van der Waals surface area contributed by atoms with Crippen molar-refractivity contribution in [1.29, 1.82) is 0 Å². The number of nitrogens with zero attached hydrogens (tertiary/aromatic N) is 1. The minimum atomic E-state index is -0.0904. The average Bonchev–Trinajstić information content (AvgIpc) is 2.71. The van der Waals surface area contributed by atoms with Gasteiger partial charge in [-0.15, -0.1) is 0 Å². The zero-order chi connectivity index (χ0) is 20.6. The number of rotatable bonds is 8. The van der Waals surface area contributed by atoms with Crippen molar-refractivity contribution >= 4 is 5.91 Å². The van der Waals surface area contributed by atoms with E-state index >= 15 is 0 Å². The highest BCUT2D eigenvalue weighted by Gasteiger charge is 2.21. The molecule has 2 aromatic rings. The first kappa shape index (κ1) is 21.3. The fraction of sp³-hybridized carbons (Fsp3) is 0.458. The van der Waals surface area contributed by atoms with Crippen molar-refractivity contribution in [3.8, 4) is 5.75 Å². The SMILES string of the molecule is CCCOc1cccc(C(=O)NCc2ccc(CN3CC(C)OC(C)C3)cc2)c1. The second-order valence-corrected chi connectivity index (χ2v) is 7.83. The average molecular weight is 397 g/mol.